The van der Waals surface area contributed by atoms with Gasteiger partial charge in [-0.1, -0.05) is 12.7 Å². The number of allylic oxidation sites excluding steroid dienone is 1. The lowest BCUT2D eigenvalue weighted by Crippen LogP contribution is -1.87. The van der Waals surface area contributed by atoms with Gasteiger partial charge in [0.2, 0.25) is 6.43 Å². The Labute approximate surface area is 48.2 Å². The molecule has 0 saturated heterocycles. The summed E-state index contributed by atoms with van der Waals surface area (Å²) in [7, 11) is 0. The normalized spacial score (nSPS) is 9.88. The summed E-state index contributed by atoms with van der Waals surface area (Å²) in [5, 5.41) is 0. The third-order valence-corrected chi connectivity index (χ3v) is 0.793. The maximum atomic E-state index is 11.3. The highest BCUT2D eigenvalue weighted by Crippen LogP contribution is 2.04. The van der Waals surface area contributed by atoms with Crippen LogP contribution in [0.3, 0.4) is 0 Å². The molecule has 0 saturated carbocycles. The zero-order chi connectivity index (χ0) is 6.41. The average molecular weight is 119 g/mol. The Balaban J connectivity index is 2.81. The Bertz CT molecular complexity index is 59.5. The van der Waals surface area contributed by atoms with Crippen LogP contribution in [-0.2, 0) is 0 Å². The molecular weight excluding hydrogens is 110 g/mol. The first-order valence-corrected chi connectivity index (χ1v) is 2.59. The number of unbranched alkanes of at least 4 members (excludes halogenated alkanes) is 1. The van der Waals surface area contributed by atoms with E-state index in [1.165, 1.54) is 6.08 Å². The topological polar surface area (TPSA) is 0 Å². The standard InChI is InChI=1S/C6H9F2/c1-2-3-4-5-6(7)8/h1-2,6H,3-5H2. The molecule has 0 aliphatic heterocycles. The fourth-order valence-electron chi connectivity index (χ4n) is 0.390. The number of hydrogen-bond donors (Lipinski definition) is 0. The van der Waals surface area contributed by atoms with E-state index in [0.29, 0.717) is 12.8 Å². The van der Waals surface area contributed by atoms with Crippen LogP contribution in [0.2, 0.25) is 0 Å². The summed E-state index contributed by atoms with van der Waals surface area (Å²) in [5.74, 6) is 0. The van der Waals surface area contributed by atoms with E-state index in [0.717, 1.165) is 0 Å². The Hall–Kier alpha value is -0.400. The summed E-state index contributed by atoms with van der Waals surface area (Å²) >= 11 is 0. The van der Waals surface area contributed by atoms with E-state index in [4.69, 9.17) is 6.58 Å². The largest absolute Gasteiger partial charge is 0.238 e. The van der Waals surface area contributed by atoms with Gasteiger partial charge >= 0.3 is 0 Å². The molecule has 0 bridgehead atoms. The van der Waals surface area contributed by atoms with Gasteiger partial charge in [0.1, 0.15) is 0 Å². The van der Waals surface area contributed by atoms with Crippen molar-refractivity contribution in [2.24, 2.45) is 0 Å². The van der Waals surface area contributed by atoms with Gasteiger partial charge in [-0.25, -0.2) is 8.78 Å². The highest BCUT2D eigenvalue weighted by atomic mass is 19.3. The van der Waals surface area contributed by atoms with Crippen LogP contribution in [0.25, 0.3) is 0 Å². The summed E-state index contributed by atoms with van der Waals surface area (Å²) in [6.07, 6.45) is 0.282. The number of halogens is 2. The first-order chi connectivity index (χ1) is 3.77. The molecule has 0 amide bonds. The molecule has 0 heterocycles. The zero-order valence-electron chi connectivity index (χ0n) is 4.61. The summed E-state index contributed by atoms with van der Waals surface area (Å²) in [6.45, 7) is 4.94. The molecule has 1 radical (unpaired) electrons. The van der Waals surface area contributed by atoms with Crippen LogP contribution in [0.5, 0.6) is 0 Å². The van der Waals surface area contributed by atoms with Gasteiger partial charge in [0.15, 0.2) is 0 Å². The minimum atomic E-state index is -2.17. The summed E-state index contributed by atoms with van der Waals surface area (Å²) in [4.78, 5) is 0. The van der Waals surface area contributed by atoms with Gasteiger partial charge in [-0.05, 0) is 12.8 Å². The zero-order valence-corrected chi connectivity index (χ0v) is 4.61. The molecule has 0 aromatic rings. The second kappa shape index (κ2) is 4.75. The molecule has 0 atom stereocenters. The van der Waals surface area contributed by atoms with E-state index in [1.807, 2.05) is 0 Å². The number of rotatable bonds is 4. The van der Waals surface area contributed by atoms with Crippen LogP contribution in [-0.4, -0.2) is 6.43 Å². The molecule has 0 aromatic carbocycles. The molecule has 0 N–H and O–H groups in total. The summed E-state index contributed by atoms with van der Waals surface area (Å²) in [5.41, 5.74) is 0. The maximum Gasteiger partial charge on any atom is 0.238 e. The first kappa shape index (κ1) is 7.60. The fourth-order valence-corrected chi connectivity index (χ4v) is 0.390. The van der Waals surface area contributed by atoms with Crippen molar-refractivity contribution in [3.05, 3.63) is 12.7 Å². The van der Waals surface area contributed by atoms with Crippen LogP contribution in [0.1, 0.15) is 19.3 Å². The fraction of sp³-hybridized carbons (Fsp3) is 0.667. The van der Waals surface area contributed by atoms with Crippen molar-refractivity contribution < 1.29 is 8.78 Å². The third-order valence-electron chi connectivity index (χ3n) is 0.793. The quantitative estimate of drug-likeness (QED) is 0.498. The molecule has 0 aliphatic rings. The van der Waals surface area contributed by atoms with Crippen LogP contribution >= 0.6 is 0 Å². The van der Waals surface area contributed by atoms with Crippen LogP contribution < -0.4 is 0 Å². The Morgan fingerprint density at radius 2 is 2.12 bits per heavy atom. The monoisotopic (exact) mass is 119 g/mol. The van der Waals surface area contributed by atoms with Crippen molar-refractivity contribution in [1.82, 2.24) is 0 Å². The van der Waals surface area contributed by atoms with E-state index < -0.39 is 6.43 Å². The minimum Gasteiger partial charge on any atom is -0.211 e. The average Bonchev–Trinajstić information content (AvgIpc) is 1.66. The lowest BCUT2D eigenvalue weighted by atomic mass is 10.2. The molecule has 2 heteroatoms. The van der Waals surface area contributed by atoms with E-state index in [9.17, 15) is 8.78 Å². The SMILES string of the molecule is [CH]=CCCCC(F)F. The van der Waals surface area contributed by atoms with Crippen molar-refractivity contribution in [2.45, 2.75) is 25.7 Å². The van der Waals surface area contributed by atoms with Gasteiger partial charge in [-0.2, -0.15) is 0 Å². The van der Waals surface area contributed by atoms with Crippen molar-refractivity contribution in [3.63, 3.8) is 0 Å². The highest BCUT2D eigenvalue weighted by Gasteiger charge is 1.98. The van der Waals surface area contributed by atoms with Gasteiger partial charge in [0.05, 0.1) is 0 Å². The van der Waals surface area contributed by atoms with Crippen LogP contribution in [0.4, 0.5) is 8.78 Å². The van der Waals surface area contributed by atoms with Crippen molar-refractivity contribution in [2.75, 3.05) is 0 Å². The Kier molecular flexibility index (Phi) is 4.51. The molecule has 0 spiro atoms. The molecule has 0 fully saturated rings. The lowest BCUT2D eigenvalue weighted by molar-refractivity contribution is 0.135. The van der Waals surface area contributed by atoms with E-state index in [2.05, 4.69) is 0 Å². The molecule has 0 rings (SSSR count). The number of alkyl halides is 2. The molecule has 0 unspecified atom stereocenters. The maximum absolute atomic E-state index is 11.3. The van der Waals surface area contributed by atoms with Gasteiger partial charge < -0.3 is 0 Å². The van der Waals surface area contributed by atoms with Crippen molar-refractivity contribution in [1.29, 1.82) is 0 Å². The van der Waals surface area contributed by atoms with Crippen LogP contribution in [0, 0.1) is 6.58 Å². The Morgan fingerprint density at radius 1 is 1.50 bits per heavy atom. The van der Waals surface area contributed by atoms with Gasteiger partial charge in [0.25, 0.3) is 0 Å². The second-order valence-electron chi connectivity index (χ2n) is 1.56. The van der Waals surface area contributed by atoms with Crippen LogP contribution in [0.15, 0.2) is 6.08 Å². The summed E-state index contributed by atoms with van der Waals surface area (Å²) < 4.78 is 22.6. The molecule has 0 aromatic heterocycles. The predicted molar refractivity (Wildman–Crippen MR) is 28.7 cm³/mol. The van der Waals surface area contributed by atoms with E-state index in [-0.39, 0.29) is 6.42 Å². The first-order valence-electron chi connectivity index (χ1n) is 2.59. The van der Waals surface area contributed by atoms with Gasteiger partial charge in [-0.3, -0.25) is 0 Å². The molecule has 0 aliphatic carbocycles. The smallest absolute Gasteiger partial charge is 0.211 e. The van der Waals surface area contributed by atoms with E-state index in [1.54, 1.807) is 0 Å². The van der Waals surface area contributed by atoms with E-state index >= 15 is 0 Å². The highest BCUT2D eigenvalue weighted by molar-refractivity contribution is 4.61. The second-order valence-corrected chi connectivity index (χ2v) is 1.56. The molecule has 47 valence electrons. The summed E-state index contributed by atoms with van der Waals surface area (Å²) in [6, 6.07) is 0. The Morgan fingerprint density at radius 3 is 2.50 bits per heavy atom. The molecule has 0 nitrogen and oxygen atoms in total. The van der Waals surface area contributed by atoms with Gasteiger partial charge in [0, 0.05) is 6.42 Å². The van der Waals surface area contributed by atoms with Gasteiger partial charge in [-0.15, -0.1) is 0 Å². The predicted octanol–water partition coefficient (Wildman–Crippen LogP) is 2.41. The lowest BCUT2D eigenvalue weighted by Gasteiger charge is -1.92. The molecule has 8 heavy (non-hydrogen) atoms. The molecular formula is C6H9F2. The van der Waals surface area contributed by atoms with Crippen molar-refractivity contribution in [3.8, 4) is 0 Å². The van der Waals surface area contributed by atoms with Crippen molar-refractivity contribution >= 4 is 0 Å². The third kappa shape index (κ3) is 5.60. The number of hydrogen-bond acceptors (Lipinski definition) is 0. The minimum absolute atomic E-state index is 0.0340.